The van der Waals surface area contributed by atoms with E-state index in [1.54, 1.807) is 0 Å². The molecule has 0 N–H and O–H groups in total. The van der Waals surface area contributed by atoms with Crippen LogP contribution in [0.4, 0.5) is 0 Å². The van der Waals surface area contributed by atoms with Crippen LogP contribution in [0.3, 0.4) is 0 Å². The molecule has 1 atom stereocenters. The molecule has 0 bridgehead atoms. The van der Waals surface area contributed by atoms with Gasteiger partial charge in [0, 0.05) is 45.2 Å². The van der Waals surface area contributed by atoms with Crippen molar-refractivity contribution in [2.45, 2.75) is 12.3 Å². The first kappa shape index (κ1) is 27.8. The van der Waals surface area contributed by atoms with E-state index in [1.807, 2.05) is 6.07 Å². The normalized spacial score (nSPS) is 14.4. The van der Waals surface area contributed by atoms with Crippen molar-refractivity contribution >= 4 is 55.1 Å². The lowest BCUT2D eigenvalue weighted by Crippen LogP contribution is -2.33. The molecule has 1 aliphatic rings. The maximum atomic E-state index is 5.28. The largest absolute Gasteiger partial charge is 0.312 e. The van der Waals surface area contributed by atoms with Crippen molar-refractivity contribution in [1.82, 2.24) is 14.5 Å². The highest BCUT2D eigenvalue weighted by atomic mass is 15.0. The standard InChI is InChI=1S/C46H31N3/c1-3-15-32(16-4-1)39-29-40(48-46(47-39)33-17-5-2-6-18-33)35-27-34-19-9-10-20-36(34)43(28-35)49-41-25-23-30-13-7-11-21-37(30)44(41)45-38-22-12-8-14-31(38)24-26-42(45)49/h1-27,29,35H,28H2. The van der Waals surface area contributed by atoms with Crippen LogP contribution in [-0.4, -0.2) is 14.5 Å². The number of aromatic nitrogens is 3. The van der Waals surface area contributed by atoms with Crippen LogP contribution in [-0.2, 0) is 0 Å². The smallest absolute Gasteiger partial charge is 0.160 e. The maximum absolute atomic E-state index is 5.28. The van der Waals surface area contributed by atoms with E-state index < -0.39 is 0 Å². The Morgan fingerprint density at radius 3 is 1.76 bits per heavy atom. The second kappa shape index (κ2) is 11.1. The Hall–Kier alpha value is -6.32. The molecule has 7 aromatic carbocycles. The summed E-state index contributed by atoms with van der Waals surface area (Å²) in [7, 11) is 0. The van der Waals surface area contributed by atoms with Gasteiger partial charge < -0.3 is 4.57 Å². The first-order valence-electron chi connectivity index (χ1n) is 16.9. The van der Waals surface area contributed by atoms with Crippen molar-refractivity contribution in [2.24, 2.45) is 0 Å². The molecule has 0 spiro atoms. The summed E-state index contributed by atoms with van der Waals surface area (Å²) >= 11 is 0. The molecule has 49 heavy (non-hydrogen) atoms. The van der Waals surface area contributed by atoms with Gasteiger partial charge in [0.15, 0.2) is 5.82 Å². The molecule has 1 aliphatic carbocycles. The molecule has 0 saturated heterocycles. The topological polar surface area (TPSA) is 30.7 Å². The highest BCUT2D eigenvalue weighted by Gasteiger charge is 2.25. The van der Waals surface area contributed by atoms with E-state index >= 15 is 0 Å². The number of rotatable bonds is 4. The molecule has 9 aromatic rings. The Labute approximate surface area is 283 Å². The molecule has 0 radical (unpaired) electrons. The molecule has 2 heterocycles. The third-order valence-corrected chi connectivity index (χ3v) is 10.1. The summed E-state index contributed by atoms with van der Waals surface area (Å²) in [5.41, 5.74) is 7.81. The lowest BCUT2D eigenvalue weighted by Gasteiger charge is -2.23. The molecule has 1 unspecified atom stereocenters. The van der Waals surface area contributed by atoms with Gasteiger partial charge in [-0.15, -0.1) is 0 Å². The predicted molar refractivity (Wildman–Crippen MR) is 204 cm³/mol. The van der Waals surface area contributed by atoms with Crippen LogP contribution in [0.25, 0.3) is 77.8 Å². The van der Waals surface area contributed by atoms with Crippen molar-refractivity contribution < 1.29 is 0 Å². The predicted octanol–water partition coefficient (Wildman–Crippen LogP) is 9.85. The second-order valence-electron chi connectivity index (χ2n) is 12.9. The van der Waals surface area contributed by atoms with E-state index in [0.29, 0.717) is 0 Å². The molecule has 2 aromatic heterocycles. The quantitative estimate of drug-likeness (QED) is 0.195. The van der Waals surface area contributed by atoms with Gasteiger partial charge in [0.25, 0.3) is 0 Å². The SMILES string of the molecule is C1=c2ccccc2=C(n2c3ccc4ccccc4c3c3c4ccccc4ccc32)CC1c1cc(-c2ccccc2)nc(-c2ccccc2)n1. The fourth-order valence-electron chi connectivity index (χ4n) is 7.87. The Balaban J connectivity index is 1.25. The molecule has 0 amide bonds. The summed E-state index contributed by atoms with van der Waals surface area (Å²) in [6.07, 6.45) is 3.21. The zero-order chi connectivity index (χ0) is 32.3. The lowest BCUT2D eigenvalue weighted by molar-refractivity contribution is 0.825. The molecule has 10 rings (SSSR count). The third-order valence-electron chi connectivity index (χ3n) is 10.1. The first-order valence-corrected chi connectivity index (χ1v) is 16.9. The van der Waals surface area contributed by atoms with Crippen LogP contribution < -0.4 is 10.4 Å². The number of benzene rings is 7. The minimum Gasteiger partial charge on any atom is -0.312 e. The molecule has 0 fully saturated rings. The van der Waals surface area contributed by atoms with E-state index in [-0.39, 0.29) is 5.92 Å². The van der Waals surface area contributed by atoms with Crippen LogP contribution in [0.15, 0.2) is 164 Å². The number of hydrogen-bond donors (Lipinski definition) is 0. The lowest BCUT2D eigenvalue weighted by atomic mass is 9.90. The van der Waals surface area contributed by atoms with Crippen molar-refractivity contribution in [3.05, 3.63) is 180 Å². The highest BCUT2D eigenvalue weighted by Crippen LogP contribution is 2.42. The van der Waals surface area contributed by atoms with Crippen molar-refractivity contribution in [3.63, 3.8) is 0 Å². The maximum Gasteiger partial charge on any atom is 0.160 e. The Bertz CT molecular complexity index is 2700. The van der Waals surface area contributed by atoms with E-state index in [9.17, 15) is 0 Å². The fourth-order valence-corrected chi connectivity index (χ4v) is 7.87. The van der Waals surface area contributed by atoms with Gasteiger partial charge in [-0.3, -0.25) is 0 Å². The Morgan fingerprint density at radius 2 is 1.08 bits per heavy atom. The molecule has 3 heteroatoms. The summed E-state index contributed by atoms with van der Waals surface area (Å²) in [5, 5.41) is 10.2. The van der Waals surface area contributed by atoms with E-state index in [4.69, 9.17) is 9.97 Å². The second-order valence-corrected chi connectivity index (χ2v) is 12.9. The van der Waals surface area contributed by atoms with Gasteiger partial charge in [-0.05, 0) is 45.0 Å². The van der Waals surface area contributed by atoms with Gasteiger partial charge in [-0.2, -0.15) is 0 Å². The van der Waals surface area contributed by atoms with Crippen LogP contribution in [0.5, 0.6) is 0 Å². The molecule has 0 saturated carbocycles. The summed E-state index contributed by atoms with van der Waals surface area (Å²) in [4.78, 5) is 10.4. The monoisotopic (exact) mass is 625 g/mol. The molecular formula is C46H31N3. The number of fused-ring (bicyclic) bond motifs is 8. The third kappa shape index (κ3) is 4.51. The Morgan fingerprint density at radius 1 is 0.510 bits per heavy atom. The minimum absolute atomic E-state index is 0.0474. The average molecular weight is 626 g/mol. The van der Waals surface area contributed by atoms with Gasteiger partial charge in [0.05, 0.1) is 22.4 Å². The summed E-state index contributed by atoms with van der Waals surface area (Å²) in [6.45, 7) is 0. The molecule has 3 nitrogen and oxygen atoms in total. The van der Waals surface area contributed by atoms with Gasteiger partial charge in [-0.25, -0.2) is 9.97 Å². The van der Waals surface area contributed by atoms with E-state index in [1.165, 1.54) is 59.5 Å². The molecular weight excluding hydrogens is 595 g/mol. The van der Waals surface area contributed by atoms with Crippen LogP contribution >= 0.6 is 0 Å². The van der Waals surface area contributed by atoms with Gasteiger partial charge in [0.1, 0.15) is 0 Å². The van der Waals surface area contributed by atoms with Gasteiger partial charge in [0.2, 0.25) is 0 Å². The first-order chi connectivity index (χ1) is 24.3. The van der Waals surface area contributed by atoms with E-state index in [2.05, 4.69) is 168 Å². The van der Waals surface area contributed by atoms with E-state index in [0.717, 1.165) is 34.8 Å². The average Bonchev–Trinajstić information content (AvgIpc) is 3.53. The fraction of sp³-hybridized carbons (Fsp3) is 0.0435. The van der Waals surface area contributed by atoms with Crippen molar-refractivity contribution in [3.8, 4) is 22.6 Å². The zero-order valence-corrected chi connectivity index (χ0v) is 26.8. The highest BCUT2D eigenvalue weighted by molar-refractivity contribution is 6.28. The van der Waals surface area contributed by atoms with Gasteiger partial charge >= 0.3 is 0 Å². The minimum atomic E-state index is 0.0474. The summed E-state index contributed by atoms with van der Waals surface area (Å²) in [6, 6.07) is 58.6. The molecule has 230 valence electrons. The zero-order valence-electron chi connectivity index (χ0n) is 26.8. The molecule has 0 aliphatic heterocycles. The van der Waals surface area contributed by atoms with Gasteiger partial charge in [-0.1, -0.05) is 152 Å². The van der Waals surface area contributed by atoms with Crippen molar-refractivity contribution in [2.75, 3.05) is 0 Å². The number of nitrogens with zero attached hydrogens (tertiary/aromatic N) is 3. The Kier molecular flexibility index (Phi) is 6.31. The van der Waals surface area contributed by atoms with Crippen molar-refractivity contribution in [1.29, 1.82) is 0 Å². The number of hydrogen-bond acceptors (Lipinski definition) is 2. The van der Waals surface area contributed by atoms with Crippen LogP contribution in [0.1, 0.15) is 18.0 Å². The summed E-state index contributed by atoms with van der Waals surface area (Å²) in [5.74, 6) is 0.798. The summed E-state index contributed by atoms with van der Waals surface area (Å²) < 4.78 is 2.54. The van der Waals surface area contributed by atoms with Crippen LogP contribution in [0, 0.1) is 0 Å². The van der Waals surface area contributed by atoms with Crippen LogP contribution in [0.2, 0.25) is 0 Å².